The monoisotopic (exact) mass is 268 g/mol. The lowest BCUT2D eigenvalue weighted by Gasteiger charge is -2.19. The van der Waals surface area contributed by atoms with Gasteiger partial charge in [-0.2, -0.15) is 0 Å². The maximum Gasteiger partial charge on any atom is 0.237 e. The van der Waals surface area contributed by atoms with Crippen molar-refractivity contribution in [3.8, 4) is 0 Å². The van der Waals surface area contributed by atoms with Crippen molar-refractivity contribution in [3.63, 3.8) is 0 Å². The van der Waals surface area contributed by atoms with Gasteiger partial charge in [0.05, 0.1) is 12.1 Å². The Balaban J connectivity index is 0.00000162. The second-order valence-electron chi connectivity index (χ2n) is 5.07. The van der Waals surface area contributed by atoms with E-state index in [-0.39, 0.29) is 30.3 Å². The van der Waals surface area contributed by atoms with Crippen molar-refractivity contribution >= 4 is 18.3 Å². The Morgan fingerprint density at radius 3 is 2.72 bits per heavy atom. The van der Waals surface area contributed by atoms with E-state index >= 15 is 0 Å². The first-order valence-corrected chi connectivity index (χ1v) is 6.23. The Morgan fingerprint density at radius 2 is 2.06 bits per heavy atom. The first kappa shape index (κ1) is 15.0. The Morgan fingerprint density at radius 1 is 1.39 bits per heavy atom. The van der Waals surface area contributed by atoms with E-state index in [0.717, 1.165) is 12.8 Å². The molecular formula is C14H21ClN2O. The predicted octanol–water partition coefficient (Wildman–Crippen LogP) is 2.20. The summed E-state index contributed by atoms with van der Waals surface area (Å²) in [7, 11) is 0. The smallest absolute Gasteiger partial charge is 0.237 e. The standard InChI is InChI=1S/C14H20N2O.ClH/c1-9(2)13(15)14(17)16-12-8-7-10-5-3-4-6-11(10)12;/h3-6,9,12-13H,7-8,15H2,1-2H3,(H,16,17);1H/t12-,13-;/m1./s1. The van der Waals surface area contributed by atoms with Gasteiger partial charge in [0, 0.05) is 0 Å². The van der Waals surface area contributed by atoms with Crippen LogP contribution in [0.25, 0.3) is 0 Å². The van der Waals surface area contributed by atoms with E-state index in [1.165, 1.54) is 11.1 Å². The predicted molar refractivity (Wildman–Crippen MR) is 75.7 cm³/mol. The van der Waals surface area contributed by atoms with Gasteiger partial charge in [-0.05, 0) is 29.9 Å². The average Bonchev–Trinajstić information content (AvgIpc) is 2.71. The molecule has 1 aromatic carbocycles. The number of hydrogen-bond donors (Lipinski definition) is 2. The zero-order valence-corrected chi connectivity index (χ0v) is 11.7. The number of carbonyl (C=O) groups is 1. The number of benzene rings is 1. The zero-order chi connectivity index (χ0) is 12.4. The fourth-order valence-corrected chi connectivity index (χ4v) is 2.28. The summed E-state index contributed by atoms with van der Waals surface area (Å²) in [5, 5.41) is 3.05. The minimum Gasteiger partial charge on any atom is -0.348 e. The van der Waals surface area contributed by atoms with Gasteiger partial charge in [-0.15, -0.1) is 12.4 Å². The fraction of sp³-hybridized carbons (Fsp3) is 0.500. The molecule has 4 heteroatoms. The first-order chi connectivity index (χ1) is 8.09. The van der Waals surface area contributed by atoms with Crippen molar-refractivity contribution in [1.29, 1.82) is 0 Å². The van der Waals surface area contributed by atoms with Crippen molar-refractivity contribution in [1.82, 2.24) is 5.32 Å². The number of rotatable bonds is 3. The Hall–Kier alpha value is -1.06. The van der Waals surface area contributed by atoms with Gasteiger partial charge in [-0.25, -0.2) is 0 Å². The van der Waals surface area contributed by atoms with Crippen LogP contribution in [-0.4, -0.2) is 11.9 Å². The minimum atomic E-state index is -0.414. The summed E-state index contributed by atoms with van der Waals surface area (Å²) in [6.45, 7) is 3.93. The van der Waals surface area contributed by atoms with E-state index in [0.29, 0.717) is 0 Å². The van der Waals surface area contributed by atoms with Gasteiger partial charge < -0.3 is 11.1 Å². The Kier molecular flexibility index (Phi) is 5.17. The summed E-state index contributed by atoms with van der Waals surface area (Å²) >= 11 is 0. The fourth-order valence-electron chi connectivity index (χ4n) is 2.28. The zero-order valence-electron chi connectivity index (χ0n) is 10.8. The van der Waals surface area contributed by atoms with Crippen LogP contribution in [0.3, 0.4) is 0 Å². The number of nitrogens with two attached hydrogens (primary N) is 1. The van der Waals surface area contributed by atoms with Gasteiger partial charge >= 0.3 is 0 Å². The molecule has 0 bridgehead atoms. The van der Waals surface area contributed by atoms with E-state index in [1.54, 1.807) is 0 Å². The van der Waals surface area contributed by atoms with Gasteiger partial charge in [-0.3, -0.25) is 4.79 Å². The molecular weight excluding hydrogens is 248 g/mol. The molecule has 100 valence electrons. The SMILES string of the molecule is CC(C)[C@@H](N)C(=O)N[C@@H]1CCc2ccccc21.Cl. The number of amides is 1. The molecule has 1 aliphatic carbocycles. The topological polar surface area (TPSA) is 55.1 Å². The van der Waals surface area contributed by atoms with Crippen LogP contribution in [0.5, 0.6) is 0 Å². The average molecular weight is 269 g/mol. The molecule has 0 unspecified atom stereocenters. The molecule has 0 heterocycles. The summed E-state index contributed by atoms with van der Waals surface area (Å²) in [5.74, 6) is 0.133. The highest BCUT2D eigenvalue weighted by molar-refractivity contribution is 5.85. The molecule has 0 spiro atoms. The highest BCUT2D eigenvalue weighted by atomic mass is 35.5. The van der Waals surface area contributed by atoms with E-state index in [2.05, 4.69) is 17.4 Å². The Bertz CT molecular complexity index is 420. The number of hydrogen-bond acceptors (Lipinski definition) is 2. The molecule has 0 aliphatic heterocycles. The van der Waals surface area contributed by atoms with Crippen LogP contribution in [0.15, 0.2) is 24.3 Å². The molecule has 18 heavy (non-hydrogen) atoms. The van der Waals surface area contributed by atoms with Gasteiger partial charge in [0.1, 0.15) is 0 Å². The van der Waals surface area contributed by atoms with E-state index in [4.69, 9.17) is 5.73 Å². The maximum atomic E-state index is 11.9. The lowest BCUT2D eigenvalue weighted by atomic mass is 10.0. The Labute approximate surface area is 115 Å². The molecule has 1 amide bonds. The van der Waals surface area contributed by atoms with E-state index in [9.17, 15) is 4.79 Å². The number of nitrogens with one attached hydrogen (secondary N) is 1. The number of carbonyl (C=O) groups excluding carboxylic acids is 1. The van der Waals surface area contributed by atoms with Crippen LogP contribution in [0.2, 0.25) is 0 Å². The third-order valence-corrected chi connectivity index (χ3v) is 3.47. The molecule has 3 nitrogen and oxygen atoms in total. The van der Waals surface area contributed by atoms with Crippen molar-refractivity contribution in [3.05, 3.63) is 35.4 Å². The maximum absolute atomic E-state index is 11.9. The lowest BCUT2D eigenvalue weighted by Crippen LogP contribution is -2.44. The largest absolute Gasteiger partial charge is 0.348 e. The van der Waals surface area contributed by atoms with Crippen molar-refractivity contribution in [2.45, 2.75) is 38.8 Å². The molecule has 0 fully saturated rings. The van der Waals surface area contributed by atoms with Crippen molar-refractivity contribution < 1.29 is 4.79 Å². The van der Waals surface area contributed by atoms with Crippen molar-refractivity contribution in [2.24, 2.45) is 11.7 Å². The molecule has 2 rings (SSSR count). The van der Waals surface area contributed by atoms with Crippen molar-refractivity contribution in [2.75, 3.05) is 0 Å². The lowest BCUT2D eigenvalue weighted by molar-refractivity contribution is -0.124. The number of aryl methyl sites for hydroxylation is 1. The second kappa shape index (κ2) is 6.21. The second-order valence-corrected chi connectivity index (χ2v) is 5.07. The van der Waals surface area contributed by atoms with Gasteiger partial charge in [0.2, 0.25) is 5.91 Å². The summed E-state index contributed by atoms with van der Waals surface area (Å²) in [4.78, 5) is 11.9. The molecule has 0 saturated carbocycles. The van der Waals surface area contributed by atoms with Gasteiger partial charge in [-0.1, -0.05) is 38.1 Å². The van der Waals surface area contributed by atoms with E-state index in [1.807, 2.05) is 26.0 Å². The van der Waals surface area contributed by atoms with Crippen LogP contribution in [0, 0.1) is 5.92 Å². The molecule has 1 aliphatic rings. The van der Waals surface area contributed by atoms with Crippen LogP contribution in [-0.2, 0) is 11.2 Å². The van der Waals surface area contributed by atoms with Crippen LogP contribution in [0.1, 0.15) is 37.4 Å². The van der Waals surface area contributed by atoms with Crippen LogP contribution >= 0.6 is 12.4 Å². The van der Waals surface area contributed by atoms with Gasteiger partial charge in [0.25, 0.3) is 0 Å². The molecule has 2 atom stereocenters. The summed E-state index contributed by atoms with van der Waals surface area (Å²) in [6.07, 6.45) is 2.02. The first-order valence-electron chi connectivity index (χ1n) is 6.23. The number of halogens is 1. The number of fused-ring (bicyclic) bond motifs is 1. The molecule has 3 N–H and O–H groups in total. The highest BCUT2D eigenvalue weighted by Crippen LogP contribution is 2.30. The molecule has 1 aromatic rings. The summed E-state index contributed by atoms with van der Waals surface area (Å²) in [5.41, 5.74) is 8.44. The minimum absolute atomic E-state index is 0. The third kappa shape index (κ3) is 3.03. The van der Waals surface area contributed by atoms with Crippen LogP contribution < -0.4 is 11.1 Å². The molecule has 0 aromatic heterocycles. The normalized spacial score (nSPS) is 19.0. The van der Waals surface area contributed by atoms with Crippen LogP contribution in [0.4, 0.5) is 0 Å². The quantitative estimate of drug-likeness (QED) is 0.883. The third-order valence-electron chi connectivity index (χ3n) is 3.47. The van der Waals surface area contributed by atoms with E-state index < -0.39 is 6.04 Å². The van der Waals surface area contributed by atoms with Gasteiger partial charge in [0.15, 0.2) is 0 Å². The highest BCUT2D eigenvalue weighted by Gasteiger charge is 2.26. The summed E-state index contributed by atoms with van der Waals surface area (Å²) in [6, 6.07) is 8.01. The molecule has 0 saturated heterocycles. The molecule has 0 radical (unpaired) electrons. The summed E-state index contributed by atoms with van der Waals surface area (Å²) < 4.78 is 0.